The number of nitrogens with one attached hydrogen (secondary N) is 1. The van der Waals surface area contributed by atoms with E-state index in [2.05, 4.69) is 5.32 Å². The molecule has 106 valence electrons. The van der Waals surface area contributed by atoms with Crippen molar-refractivity contribution in [2.24, 2.45) is 0 Å². The van der Waals surface area contributed by atoms with Crippen LogP contribution in [0.25, 0.3) is 10.8 Å². The lowest BCUT2D eigenvalue weighted by atomic mass is 10.0. The minimum atomic E-state index is 0.296. The molecule has 0 spiro atoms. The van der Waals surface area contributed by atoms with Crippen LogP contribution in [0.4, 0.5) is 5.69 Å². The molecule has 0 aliphatic rings. The third-order valence-electron chi connectivity index (χ3n) is 3.59. The zero-order chi connectivity index (χ0) is 14.8. The Morgan fingerprint density at radius 2 is 1.86 bits per heavy atom. The molecule has 3 aromatic carbocycles. The maximum absolute atomic E-state index is 10.1. The highest BCUT2D eigenvalue weighted by molar-refractivity contribution is 6.33. The monoisotopic (exact) mass is 297 g/mol. The summed E-state index contributed by atoms with van der Waals surface area (Å²) in [5.74, 6) is 0.296. The molecule has 2 N–H and O–H groups in total. The van der Waals surface area contributed by atoms with Crippen LogP contribution in [0.1, 0.15) is 11.1 Å². The highest BCUT2D eigenvalue weighted by Gasteiger charge is 2.07. The van der Waals surface area contributed by atoms with E-state index in [9.17, 15) is 5.11 Å². The molecule has 0 bridgehead atoms. The van der Waals surface area contributed by atoms with Crippen LogP contribution >= 0.6 is 11.6 Å². The van der Waals surface area contributed by atoms with Crippen molar-refractivity contribution in [3.63, 3.8) is 0 Å². The second kappa shape index (κ2) is 5.66. The number of rotatable bonds is 3. The molecule has 0 amide bonds. The number of benzene rings is 3. The van der Waals surface area contributed by atoms with Gasteiger partial charge in [-0.2, -0.15) is 0 Å². The summed E-state index contributed by atoms with van der Waals surface area (Å²) in [6.45, 7) is 2.55. The van der Waals surface area contributed by atoms with Crippen molar-refractivity contribution in [2.45, 2.75) is 13.5 Å². The molecule has 21 heavy (non-hydrogen) atoms. The normalized spacial score (nSPS) is 10.8. The molecule has 3 aromatic rings. The molecular weight excluding hydrogens is 282 g/mol. The zero-order valence-corrected chi connectivity index (χ0v) is 12.5. The summed E-state index contributed by atoms with van der Waals surface area (Å²) in [4.78, 5) is 0. The van der Waals surface area contributed by atoms with Gasteiger partial charge in [0.25, 0.3) is 0 Å². The zero-order valence-electron chi connectivity index (χ0n) is 11.7. The fourth-order valence-corrected chi connectivity index (χ4v) is 2.65. The number of anilines is 1. The number of phenols is 1. The fourth-order valence-electron chi connectivity index (χ4n) is 2.47. The minimum Gasteiger partial charge on any atom is -0.508 e. The van der Waals surface area contributed by atoms with E-state index in [0.29, 0.717) is 17.3 Å². The number of hydrogen-bond donors (Lipinski definition) is 2. The molecular formula is C18H16ClNO. The van der Waals surface area contributed by atoms with E-state index in [1.165, 1.54) is 0 Å². The number of aromatic hydroxyl groups is 1. The summed E-state index contributed by atoms with van der Waals surface area (Å²) in [7, 11) is 0. The highest BCUT2D eigenvalue weighted by Crippen LogP contribution is 2.29. The lowest BCUT2D eigenvalue weighted by Gasteiger charge is -2.13. The van der Waals surface area contributed by atoms with Crippen LogP contribution in [0.15, 0.2) is 54.6 Å². The average Bonchev–Trinajstić information content (AvgIpc) is 2.49. The first-order chi connectivity index (χ1) is 10.1. The maximum atomic E-state index is 10.1. The molecule has 0 radical (unpaired) electrons. The van der Waals surface area contributed by atoms with E-state index in [0.717, 1.165) is 27.6 Å². The predicted molar refractivity (Wildman–Crippen MR) is 89.1 cm³/mol. The fraction of sp³-hybridized carbons (Fsp3) is 0.111. The van der Waals surface area contributed by atoms with Crippen LogP contribution < -0.4 is 5.32 Å². The highest BCUT2D eigenvalue weighted by atomic mass is 35.5. The Kier molecular flexibility index (Phi) is 3.72. The first-order valence-corrected chi connectivity index (χ1v) is 7.22. The molecule has 0 fully saturated rings. The van der Waals surface area contributed by atoms with Crippen molar-refractivity contribution >= 4 is 28.1 Å². The standard InChI is InChI=1S/C18H16ClNO/c1-12-6-8-16(19)17(10-12)20-11-15-14-5-3-2-4-13(14)7-9-18(15)21/h2-10,20-21H,11H2,1H3. The van der Waals surface area contributed by atoms with Gasteiger partial charge in [0.1, 0.15) is 5.75 Å². The summed E-state index contributed by atoms with van der Waals surface area (Å²) in [5.41, 5.74) is 2.90. The summed E-state index contributed by atoms with van der Waals surface area (Å²) < 4.78 is 0. The van der Waals surface area contributed by atoms with Crippen LogP contribution in [0.2, 0.25) is 5.02 Å². The lowest BCUT2D eigenvalue weighted by Crippen LogP contribution is -2.01. The molecule has 3 heteroatoms. The van der Waals surface area contributed by atoms with E-state index in [4.69, 9.17) is 11.6 Å². The first-order valence-electron chi connectivity index (χ1n) is 6.85. The van der Waals surface area contributed by atoms with E-state index in [-0.39, 0.29) is 0 Å². The Morgan fingerprint density at radius 1 is 1.05 bits per heavy atom. The summed E-state index contributed by atoms with van der Waals surface area (Å²) in [6, 6.07) is 17.5. The smallest absolute Gasteiger partial charge is 0.121 e. The van der Waals surface area contributed by atoms with Gasteiger partial charge in [0.2, 0.25) is 0 Å². The van der Waals surface area contributed by atoms with Gasteiger partial charge in [-0.25, -0.2) is 0 Å². The molecule has 0 unspecified atom stereocenters. The van der Waals surface area contributed by atoms with Gasteiger partial charge in [-0.15, -0.1) is 0 Å². The van der Waals surface area contributed by atoms with Crippen LogP contribution in [-0.4, -0.2) is 5.11 Å². The van der Waals surface area contributed by atoms with E-state index < -0.39 is 0 Å². The lowest BCUT2D eigenvalue weighted by molar-refractivity contribution is 0.470. The molecule has 0 aliphatic heterocycles. The number of halogens is 1. The van der Waals surface area contributed by atoms with Gasteiger partial charge in [-0.1, -0.05) is 48.0 Å². The molecule has 0 aliphatic carbocycles. The Morgan fingerprint density at radius 3 is 2.71 bits per heavy atom. The second-order valence-corrected chi connectivity index (χ2v) is 5.53. The van der Waals surface area contributed by atoms with Crippen molar-refractivity contribution in [3.8, 4) is 5.75 Å². The van der Waals surface area contributed by atoms with Gasteiger partial charge in [-0.05, 0) is 41.5 Å². The maximum Gasteiger partial charge on any atom is 0.121 e. The Bertz CT molecular complexity index is 798. The van der Waals surface area contributed by atoms with Crippen molar-refractivity contribution in [1.82, 2.24) is 0 Å². The van der Waals surface area contributed by atoms with Crippen molar-refractivity contribution in [1.29, 1.82) is 0 Å². The topological polar surface area (TPSA) is 32.3 Å². The minimum absolute atomic E-state index is 0.296. The van der Waals surface area contributed by atoms with Gasteiger partial charge >= 0.3 is 0 Å². The van der Waals surface area contributed by atoms with E-state index >= 15 is 0 Å². The summed E-state index contributed by atoms with van der Waals surface area (Å²) in [6.07, 6.45) is 0. The largest absolute Gasteiger partial charge is 0.508 e. The van der Waals surface area contributed by atoms with Crippen LogP contribution in [0, 0.1) is 6.92 Å². The van der Waals surface area contributed by atoms with E-state index in [1.54, 1.807) is 6.07 Å². The molecule has 3 rings (SSSR count). The van der Waals surface area contributed by atoms with Gasteiger partial charge in [0, 0.05) is 12.1 Å². The average molecular weight is 298 g/mol. The molecule has 2 nitrogen and oxygen atoms in total. The SMILES string of the molecule is Cc1ccc(Cl)c(NCc2c(O)ccc3ccccc23)c1. The van der Waals surface area contributed by atoms with Crippen LogP contribution in [0.5, 0.6) is 5.75 Å². The first kappa shape index (κ1) is 13.8. The van der Waals surface area contributed by atoms with Crippen LogP contribution in [-0.2, 0) is 6.54 Å². The number of fused-ring (bicyclic) bond motifs is 1. The quantitative estimate of drug-likeness (QED) is 0.703. The van der Waals surface area contributed by atoms with Crippen molar-refractivity contribution in [2.75, 3.05) is 5.32 Å². The Balaban J connectivity index is 1.95. The van der Waals surface area contributed by atoms with E-state index in [1.807, 2.05) is 55.5 Å². The number of aryl methyl sites for hydroxylation is 1. The van der Waals surface area contributed by atoms with Gasteiger partial charge in [0.05, 0.1) is 10.7 Å². The molecule has 0 saturated carbocycles. The van der Waals surface area contributed by atoms with Crippen LogP contribution in [0.3, 0.4) is 0 Å². The van der Waals surface area contributed by atoms with Gasteiger partial charge < -0.3 is 10.4 Å². The molecule has 0 heterocycles. The van der Waals surface area contributed by atoms with Gasteiger partial charge in [0.15, 0.2) is 0 Å². The summed E-state index contributed by atoms with van der Waals surface area (Å²) in [5, 5.41) is 16.3. The van der Waals surface area contributed by atoms with Gasteiger partial charge in [-0.3, -0.25) is 0 Å². The molecule has 0 saturated heterocycles. The Hall–Kier alpha value is -2.19. The number of hydrogen-bond acceptors (Lipinski definition) is 2. The third kappa shape index (κ3) is 2.81. The van der Waals surface area contributed by atoms with Crippen molar-refractivity contribution < 1.29 is 5.11 Å². The Labute approximate surface area is 129 Å². The number of phenolic OH excluding ortho intramolecular Hbond substituents is 1. The third-order valence-corrected chi connectivity index (χ3v) is 3.92. The predicted octanol–water partition coefficient (Wildman–Crippen LogP) is 5.12. The molecule has 0 atom stereocenters. The van der Waals surface area contributed by atoms with Crippen molar-refractivity contribution in [3.05, 3.63) is 70.7 Å². The second-order valence-electron chi connectivity index (χ2n) is 5.12. The summed E-state index contributed by atoms with van der Waals surface area (Å²) >= 11 is 6.20. The molecule has 0 aromatic heterocycles.